The maximum absolute atomic E-state index is 12.3. The number of aromatic nitrogens is 3. The van der Waals surface area contributed by atoms with Crippen molar-refractivity contribution in [1.29, 1.82) is 0 Å². The van der Waals surface area contributed by atoms with Crippen LogP contribution in [-0.2, 0) is 16.1 Å². The second kappa shape index (κ2) is 8.46. The van der Waals surface area contributed by atoms with Gasteiger partial charge in [0.2, 0.25) is 11.8 Å². The summed E-state index contributed by atoms with van der Waals surface area (Å²) in [5, 5.41) is 11.2. The van der Waals surface area contributed by atoms with Gasteiger partial charge in [0.15, 0.2) is 0 Å². The summed E-state index contributed by atoms with van der Waals surface area (Å²) < 4.78 is 1.97. The highest BCUT2D eigenvalue weighted by atomic mass is 16.2. The summed E-state index contributed by atoms with van der Waals surface area (Å²) in [4.78, 5) is 37.9. The molecular formula is C21H25N5O3. The number of hydrogen-bond acceptors (Lipinski definition) is 4. The molecule has 1 aromatic carbocycles. The van der Waals surface area contributed by atoms with Gasteiger partial charge in [-0.25, -0.2) is 5.10 Å². The van der Waals surface area contributed by atoms with Crippen LogP contribution in [0.3, 0.4) is 0 Å². The lowest BCUT2D eigenvalue weighted by molar-refractivity contribution is -0.127. The van der Waals surface area contributed by atoms with Gasteiger partial charge in [-0.3, -0.25) is 14.4 Å². The van der Waals surface area contributed by atoms with Crippen LogP contribution in [0.2, 0.25) is 0 Å². The van der Waals surface area contributed by atoms with Crippen LogP contribution < -0.4 is 10.9 Å². The Morgan fingerprint density at radius 2 is 2.00 bits per heavy atom. The number of carbonyl (C=O) groups excluding carboxylic acids is 2. The van der Waals surface area contributed by atoms with Gasteiger partial charge >= 0.3 is 0 Å². The van der Waals surface area contributed by atoms with Crippen LogP contribution in [0.5, 0.6) is 0 Å². The molecule has 0 saturated carbocycles. The molecule has 1 fully saturated rings. The molecule has 0 bridgehead atoms. The number of rotatable bonds is 8. The fourth-order valence-electron chi connectivity index (χ4n) is 4.07. The van der Waals surface area contributed by atoms with E-state index in [9.17, 15) is 14.4 Å². The van der Waals surface area contributed by atoms with Crippen LogP contribution in [0.1, 0.15) is 32.1 Å². The Labute approximate surface area is 167 Å². The first-order valence-corrected chi connectivity index (χ1v) is 10.1. The van der Waals surface area contributed by atoms with E-state index >= 15 is 0 Å². The van der Waals surface area contributed by atoms with Crippen molar-refractivity contribution >= 4 is 33.6 Å². The van der Waals surface area contributed by atoms with Crippen LogP contribution >= 0.6 is 0 Å². The van der Waals surface area contributed by atoms with Crippen LogP contribution in [0.15, 0.2) is 35.3 Å². The number of aromatic amines is 1. The lowest BCUT2D eigenvalue weighted by Crippen LogP contribution is -2.30. The van der Waals surface area contributed by atoms with Crippen molar-refractivity contribution < 1.29 is 9.59 Å². The van der Waals surface area contributed by atoms with Crippen molar-refractivity contribution in [2.24, 2.45) is 0 Å². The summed E-state index contributed by atoms with van der Waals surface area (Å²) in [6.45, 7) is 2.69. The minimum atomic E-state index is -0.223. The molecule has 3 aromatic rings. The monoisotopic (exact) mass is 395 g/mol. The zero-order valence-electron chi connectivity index (χ0n) is 16.3. The Morgan fingerprint density at radius 3 is 2.83 bits per heavy atom. The maximum Gasteiger partial charge on any atom is 0.288 e. The topological polar surface area (TPSA) is 100 Å². The molecule has 4 rings (SSSR count). The molecule has 0 aliphatic carbocycles. The lowest BCUT2D eigenvalue weighted by atomic mass is 10.2. The molecule has 0 radical (unpaired) electrons. The number of H-pyrrole nitrogens is 1. The fourth-order valence-corrected chi connectivity index (χ4v) is 4.07. The highest BCUT2D eigenvalue weighted by Crippen LogP contribution is 2.26. The Kier molecular flexibility index (Phi) is 5.59. The van der Waals surface area contributed by atoms with E-state index in [-0.39, 0.29) is 17.4 Å². The predicted octanol–water partition coefficient (Wildman–Crippen LogP) is 1.79. The minimum Gasteiger partial charge on any atom is -0.356 e. The third-order valence-electron chi connectivity index (χ3n) is 5.47. The summed E-state index contributed by atoms with van der Waals surface area (Å²) in [5.74, 6) is 0.210. The van der Waals surface area contributed by atoms with Crippen molar-refractivity contribution in [3.63, 3.8) is 0 Å². The Hall–Kier alpha value is -3.16. The number of nitrogens with one attached hydrogen (secondary N) is 2. The fraction of sp³-hybridized carbons (Fsp3) is 0.429. The van der Waals surface area contributed by atoms with Gasteiger partial charge in [-0.05, 0) is 25.3 Å². The van der Waals surface area contributed by atoms with Crippen LogP contribution in [0.25, 0.3) is 21.8 Å². The molecule has 2 aromatic heterocycles. The quantitative estimate of drug-likeness (QED) is 0.568. The highest BCUT2D eigenvalue weighted by molar-refractivity contribution is 6.07. The van der Waals surface area contributed by atoms with E-state index in [1.165, 1.54) is 0 Å². The average molecular weight is 395 g/mol. The molecule has 2 N–H and O–H groups in total. The summed E-state index contributed by atoms with van der Waals surface area (Å²) in [6, 6.07) is 7.84. The predicted molar refractivity (Wildman–Crippen MR) is 111 cm³/mol. The Balaban J connectivity index is 1.32. The summed E-state index contributed by atoms with van der Waals surface area (Å²) in [7, 11) is 0. The molecule has 0 spiro atoms. The number of hydrogen-bond donors (Lipinski definition) is 2. The van der Waals surface area contributed by atoms with Crippen molar-refractivity contribution in [2.45, 2.75) is 38.6 Å². The van der Waals surface area contributed by atoms with Gasteiger partial charge in [0.1, 0.15) is 5.52 Å². The zero-order chi connectivity index (χ0) is 20.2. The summed E-state index contributed by atoms with van der Waals surface area (Å²) >= 11 is 0. The van der Waals surface area contributed by atoms with Gasteiger partial charge < -0.3 is 14.8 Å². The van der Waals surface area contributed by atoms with Crippen molar-refractivity contribution in [1.82, 2.24) is 25.0 Å². The van der Waals surface area contributed by atoms with Crippen LogP contribution in [0.4, 0.5) is 0 Å². The maximum atomic E-state index is 12.3. The van der Waals surface area contributed by atoms with E-state index in [0.717, 1.165) is 35.7 Å². The molecule has 3 heterocycles. The largest absolute Gasteiger partial charge is 0.356 e. The molecule has 1 saturated heterocycles. The molecular weight excluding hydrogens is 370 g/mol. The second-order valence-corrected chi connectivity index (χ2v) is 7.42. The molecule has 0 unspecified atom stereocenters. The van der Waals surface area contributed by atoms with E-state index in [1.807, 2.05) is 33.7 Å². The molecule has 8 nitrogen and oxygen atoms in total. The number of aryl methyl sites for hydroxylation is 1. The highest BCUT2D eigenvalue weighted by Gasteiger charge is 2.19. The number of para-hydroxylation sites is 1. The third-order valence-corrected chi connectivity index (χ3v) is 5.47. The molecule has 29 heavy (non-hydrogen) atoms. The van der Waals surface area contributed by atoms with Gasteiger partial charge in [0.05, 0.1) is 6.20 Å². The van der Waals surface area contributed by atoms with Gasteiger partial charge in [-0.15, -0.1) is 0 Å². The average Bonchev–Trinajstić information content (AvgIpc) is 3.28. The molecule has 152 valence electrons. The van der Waals surface area contributed by atoms with E-state index < -0.39 is 0 Å². The Bertz CT molecular complexity index is 1100. The zero-order valence-corrected chi connectivity index (χ0v) is 16.3. The lowest BCUT2D eigenvalue weighted by Gasteiger charge is -2.15. The number of fused-ring (bicyclic) bond motifs is 3. The minimum absolute atomic E-state index is 0.00547. The van der Waals surface area contributed by atoms with E-state index in [1.54, 1.807) is 6.20 Å². The SMILES string of the molecule is O=C(CCCn1c2ccccc2c2cn[nH]c(=O)c21)NCCCN1CCCC1=O. The molecule has 2 amide bonds. The number of amides is 2. The van der Waals surface area contributed by atoms with Gasteiger partial charge in [-0.1, -0.05) is 18.2 Å². The van der Waals surface area contributed by atoms with Crippen LogP contribution in [0, 0.1) is 0 Å². The molecule has 1 aliphatic heterocycles. The van der Waals surface area contributed by atoms with Crippen molar-refractivity contribution in [3.05, 3.63) is 40.8 Å². The van der Waals surface area contributed by atoms with E-state index in [2.05, 4.69) is 15.5 Å². The number of likely N-dealkylation sites (tertiary alicyclic amines) is 1. The standard InChI is InChI=1S/C21H25N5O3/c27-18(22-10-5-12-25-11-4-9-19(25)28)8-3-13-26-17-7-2-1-6-15(17)16-14-23-24-21(29)20(16)26/h1-2,6-7,14H,3-5,8-13H2,(H,22,27)(H,24,29). The van der Waals surface area contributed by atoms with Crippen molar-refractivity contribution in [2.75, 3.05) is 19.6 Å². The molecule has 8 heteroatoms. The van der Waals surface area contributed by atoms with Gasteiger partial charge in [0.25, 0.3) is 5.56 Å². The molecule has 0 atom stereocenters. The Morgan fingerprint density at radius 1 is 1.14 bits per heavy atom. The number of nitrogens with zero attached hydrogens (tertiary/aromatic N) is 3. The summed E-state index contributed by atoms with van der Waals surface area (Å²) in [5.41, 5.74) is 1.34. The third kappa shape index (κ3) is 4.01. The van der Waals surface area contributed by atoms with E-state index in [0.29, 0.717) is 44.4 Å². The summed E-state index contributed by atoms with van der Waals surface area (Å²) in [6.07, 6.45) is 5.05. The van der Waals surface area contributed by atoms with E-state index in [4.69, 9.17) is 0 Å². The van der Waals surface area contributed by atoms with Gasteiger partial charge in [-0.2, -0.15) is 5.10 Å². The first kappa shape index (κ1) is 19.2. The second-order valence-electron chi connectivity index (χ2n) is 7.42. The number of benzene rings is 1. The molecule has 1 aliphatic rings. The normalized spacial score (nSPS) is 14.2. The first-order valence-electron chi connectivity index (χ1n) is 10.1. The smallest absolute Gasteiger partial charge is 0.288 e. The van der Waals surface area contributed by atoms with Crippen LogP contribution in [-0.4, -0.2) is 51.1 Å². The number of carbonyl (C=O) groups is 2. The van der Waals surface area contributed by atoms with Crippen molar-refractivity contribution in [3.8, 4) is 0 Å². The first-order chi connectivity index (χ1) is 14.1. The van der Waals surface area contributed by atoms with Gasteiger partial charge in [0, 0.05) is 55.3 Å².